The Balaban J connectivity index is 1.95. The summed E-state index contributed by atoms with van der Waals surface area (Å²) in [5, 5.41) is 2.00. The van der Waals surface area contributed by atoms with Gasteiger partial charge in [-0.15, -0.1) is 0 Å². The molecule has 0 radical (unpaired) electrons. The van der Waals surface area contributed by atoms with Gasteiger partial charge in [0.1, 0.15) is 4.83 Å². The number of benzene rings is 3. The summed E-state index contributed by atoms with van der Waals surface area (Å²) >= 11 is 13.9. The van der Waals surface area contributed by atoms with Crippen LogP contribution in [0.4, 0.5) is 0 Å². The van der Waals surface area contributed by atoms with E-state index in [9.17, 15) is 4.79 Å². The lowest BCUT2D eigenvalue weighted by Gasteiger charge is -2.14. The highest BCUT2D eigenvalue weighted by Crippen LogP contribution is 2.41. The molecule has 0 saturated heterocycles. The van der Waals surface area contributed by atoms with Crippen LogP contribution in [0.25, 0.3) is 10.8 Å². The standard InChI is InChI=1S/C18H10Br4O2/c19-12-6-7-13-11(8-12)9-14(20)17(16(13)22)24-18(23)15(21)10-4-2-1-3-5-10/h1-9,15H/t15-/m0/s1. The molecule has 0 unspecified atom stereocenters. The second-order valence-corrected chi connectivity index (χ2v) is 8.54. The molecule has 0 spiro atoms. The number of halogens is 4. The van der Waals surface area contributed by atoms with Crippen LogP contribution in [0.3, 0.4) is 0 Å². The van der Waals surface area contributed by atoms with E-state index in [0.29, 0.717) is 10.2 Å². The third kappa shape index (κ3) is 3.77. The summed E-state index contributed by atoms with van der Waals surface area (Å²) in [5.74, 6) is 0.0919. The predicted molar refractivity (Wildman–Crippen MR) is 111 cm³/mol. The molecule has 0 amide bonds. The van der Waals surface area contributed by atoms with Crippen molar-refractivity contribution in [2.75, 3.05) is 0 Å². The Hall–Kier alpha value is -0.690. The van der Waals surface area contributed by atoms with Crippen LogP contribution in [0.1, 0.15) is 10.4 Å². The lowest BCUT2D eigenvalue weighted by molar-refractivity contribution is -0.133. The van der Waals surface area contributed by atoms with Gasteiger partial charge in [-0.25, -0.2) is 0 Å². The van der Waals surface area contributed by atoms with Gasteiger partial charge in [0.2, 0.25) is 0 Å². The lowest BCUT2D eigenvalue weighted by Crippen LogP contribution is -2.14. The van der Waals surface area contributed by atoms with E-state index in [4.69, 9.17) is 4.74 Å². The van der Waals surface area contributed by atoms with E-state index in [2.05, 4.69) is 63.7 Å². The van der Waals surface area contributed by atoms with E-state index >= 15 is 0 Å². The van der Waals surface area contributed by atoms with Crippen molar-refractivity contribution in [1.82, 2.24) is 0 Å². The van der Waals surface area contributed by atoms with Gasteiger partial charge < -0.3 is 4.74 Å². The second kappa shape index (κ2) is 7.68. The first-order chi connectivity index (χ1) is 11.5. The zero-order valence-corrected chi connectivity index (χ0v) is 18.4. The molecular weight excluding hydrogens is 568 g/mol. The van der Waals surface area contributed by atoms with Crippen molar-refractivity contribution < 1.29 is 9.53 Å². The minimum atomic E-state index is -0.530. The molecule has 24 heavy (non-hydrogen) atoms. The van der Waals surface area contributed by atoms with Gasteiger partial charge in [-0.1, -0.05) is 68.3 Å². The first-order valence-electron chi connectivity index (χ1n) is 6.95. The fourth-order valence-electron chi connectivity index (χ4n) is 2.29. The Morgan fingerprint density at radius 1 is 0.958 bits per heavy atom. The van der Waals surface area contributed by atoms with Gasteiger partial charge in [-0.05, 0) is 66.4 Å². The molecule has 1 atom stereocenters. The van der Waals surface area contributed by atoms with Crippen molar-refractivity contribution in [3.8, 4) is 5.75 Å². The van der Waals surface area contributed by atoms with Crippen LogP contribution in [-0.2, 0) is 4.79 Å². The average Bonchev–Trinajstić information content (AvgIpc) is 2.58. The smallest absolute Gasteiger partial charge is 0.329 e. The molecule has 3 aromatic rings. The van der Waals surface area contributed by atoms with Gasteiger partial charge in [-0.2, -0.15) is 0 Å². The zero-order valence-electron chi connectivity index (χ0n) is 12.1. The van der Waals surface area contributed by atoms with E-state index in [1.807, 2.05) is 54.6 Å². The maximum absolute atomic E-state index is 12.5. The van der Waals surface area contributed by atoms with Crippen molar-refractivity contribution in [3.05, 3.63) is 73.6 Å². The summed E-state index contributed by atoms with van der Waals surface area (Å²) in [6, 6.07) is 17.3. The van der Waals surface area contributed by atoms with Gasteiger partial charge in [0, 0.05) is 4.47 Å². The van der Waals surface area contributed by atoms with Crippen LogP contribution in [0.5, 0.6) is 5.75 Å². The van der Waals surface area contributed by atoms with Gasteiger partial charge >= 0.3 is 5.97 Å². The fourth-order valence-corrected chi connectivity index (χ4v) is 4.51. The Labute approximate surface area is 173 Å². The molecule has 3 aromatic carbocycles. The number of hydrogen-bond acceptors (Lipinski definition) is 2. The van der Waals surface area contributed by atoms with Crippen LogP contribution in [0, 0.1) is 0 Å². The summed E-state index contributed by atoms with van der Waals surface area (Å²) in [7, 11) is 0. The molecule has 0 aliphatic heterocycles. The number of ether oxygens (including phenoxy) is 1. The van der Waals surface area contributed by atoms with Gasteiger partial charge in [-0.3, -0.25) is 4.79 Å². The van der Waals surface area contributed by atoms with Gasteiger partial charge in [0.05, 0.1) is 8.95 Å². The number of carbonyl (C=O) groups excluding carboxylic acids is 1. The van der Waals surface area contributed by atoms with Crippen molar-refractivity contribution in [3.63, 3.8) is 0 Å². The van der Waals surface area contributed by atoms with Crippen LogP contribution in [0.15, 0.2) is 68.0 Å². The summed E-state index contributed by atoms with van der Waals surface area (Å²) in [4.78, 5) is 12.0. The molecule has 0 heterocycles. The van der Waals surface area contributed by atoms with E-state index in [0.717, 1.165) is 25.3 Å². The largest absolute Gasteiger partial charge is 0.423 e. The summed E-state index contributed by atoms with van der Waals surface area (Å²) in [6.45, 7) is 0. The van der Waals surface area contributed by atoms with Crippen LogP contribution in [-0.4, -0.2) is 5.97 Å². The fraction of sp³-hybridized carbons (Fsp3) is 0.0556. The molecule has 0 aliphatic rings. The number of hydrogen-bond donors (Lipinski definition) is 0. The normalized spacial score (nSPS) is 12.2. The number of rotatable bonds is 3. The van der Waals surface area contributed by atoms with Crippen molar-refractivity contribution in [2.45, 2.75) is 4.83 Å². The van der Waals surface area contributed by atoms with Crippen molar-refractivity contribution in [1.29, 1.82) is 0 Å². The first kappa shape index (κ1) is 18.1. The Morgan fingerprint density at radius 3 is 2.38 bits per heavy atom. The minimum Gasteiger partial charge on any atom is -0.423 e. The zero-order chi connectivity index (χ0) is 17.3. The highest BCUT2D eigenvalue weighted by molar-refractivity contribution is 9.11. The summed E-state index contributed by atoms with van der Waals surface area (Å²) < 4.78 is 8.07. The molecule has 0 fully saturated rings. The highest BCUT2D eigenvalue weighted by atomic mass is 79.9. The first-order valence-corrected chi connectivity index (χ1v) is 10.2. The topological polar surface area (TPSA) is 26.3 Å². The molecule has 3 rings (SSSR count). The molecule has 0 N–H and O–H groups in total. The average molecular weight is 578 g/mol. The highest BCUT2D eigenvalue weighted by Gasteiger charge is 2.22. The molecular formula is C18H10Br4O2. The molecule has 6 heteroatoms. The van der Waals surface area contributed by atoms with Crippen LogP contribution >= 0.6 is 63.7 Å². The Morgan fingerprint density at radius 2 is 1.67 bits per heavy atom. The van der Waals surface area contributed by atoms with Crippen molar-refractivity contribution >= 4 is 80.5 Å². The number of alkyl halides is 1. The second-order valence-electron chi connectivity index (χ2n) is 5.06. The summed E-state index contributed by atoms with van der Waals surface area (Å²) in [6.07, 6.45) is 0. The molecule has 0 aliphatic carbocycles. The quantitative estimate of drug-likeness (QED) is 0.187. The van der Waals surface area contributed by atoms with Crippen LogP contribution < -0.4 is 4.74 Å². The molecule has 0 aromatic heterocycles. The van der Waals surface area contributed by atoms with Gasteiger partial charge in [0.25, 0.3) is 0 Å². The van der Waals surface area contributed by atoms with E-state index in [1.54, 1.807) is 0 Å². The minimum absolute atomic E-state index is 0.376. The molecule has 0 bridgehead atoms. The van der Waals surface area contributed by atoms with E-state index in [-0.39, 0.29) is 5.97 Å². The van der Waals surface area contributed by atoms with Gasteiger partial charge in [0.15, 0.2) is 5.75 Å². The third-order valence-corrected chi connectivity index (χ3v) is 6.22. The van der Waals surface area contributed by atoms with Crippen LogP contribution in [0.2, 0.25) is 0 Å². The molecule has 2 nitrogen and oxygen atoms in total. The lowest BCUT2D eigenvalue weighted by atomic mass is 10.1. The number of esters is 1. The monoisotopic (exact) mass is 574 g/mol. The maximum Gasteiger partial charge on any atom is 0.329 e. The molecule has 122 valence electrons. The maximum atomic E-state index is 12.5. The SMILES string of the molecule is O=C(Oc1c(Br)cc2cc(Br)ccc2c1Br)[C@@H](Br)c1ccccc1. The third-order valence-electron chi connectivity index (χ3n) is 3.45. The Bertz CT molecular complexity index is 910. The number of carbonyl (C=O) groups is 1. The number of fused-ring (bicyclic) bond motifs is 1. The Kier molecular flexibility index (Phi) is 5.80. The van der Waals surface area contributed by atoms with Crippen molar-refractivity contribution in [2.24, 2.45) is 0 Å². The summed E-state index contributed by atoms with van der Waals surface area (Å²) in [5.41, 5.74) is 0.847. The molecule has 0 saturated carbocycles. The van der Waals surface area contributed by atoms with E-state index in [1.165, 1.54) is 0 Å². The van der Waals surface area contributed by atoms with E-state index < -0.39 is 4.83 Å². The predicted octanol–water partition coefficient (Wildman–Crippen LogP) is 7.17.